The van der Waals surface area contributed by atoms with Crippen LogP contribution in [0.5, 0.6) is 0 Å². The molecule has 1 aliphatic heterocycles. The Labute approximate surface area is 139 Å². The molecule has 2 heterocycles. The molecule has 1 N–H and O–H groups in total. The van der Waals surface area contributed by atoms with Crippen LogP contribution in [-0.4, -0.2) is 58.6 Å². The van der Waals surface area contributed by atoms with Gasteiger partial charge in [0.1, 0.15) is 0 Å². The summed E-state index contributed by atoms with van der Waals surface area (Å²) in [6.45, 7) is 4.05. The van der Waals surface area contributed by atoms with Crippen LogP contribution in [0.25, 0.3) is 0 Å². The molecule has 6 nitrogen and oxygen atoms in total. The van der Waals surface area contributed by atoms with Crippen LogP contribution in [0.2, 0.25) is 0 Å². The summed E-state index contributed by atoms with van der Waals surface area (Å²) in [6, 6.07) is 0.397. The third-order valence-corrected chi connectivity index (χ3v) is 5.97. The van der Waals surface area contributed by atoms with Crippen LogP contribution < -0.4 is 5.32 Å². The number of nitrogens with zero attached hydrogens (tertiary/aromatic N) is 3. The first-order valence-corrected chi connectivity index (χ1v) is 9.68. The van der Waals surface area contributed by atoms with Crippen LogP contribution in [0.4, 0.5) is 5.13 Å². The van der Waals surface area contributed by atoms with E-state index in [9.17, 15) is 4.79 Å². The molecular formula is C14H22N4O2S2. The van der Waals surface area contributed by atoms with Crippen molar-refractivity contribution in [2.24, 2.45) is 0 Å². The fourth-order valence-electron chi connectivity index (χ4n) is 3.16. The monoisotopic (exact) mass is 342 g/mol. The van der Waals surface area contributed by atoms with Crippen molar-refractivity contribution >= 4 is 34.1 Å². The smallest absolute Gasteiger partial charge is 0.240 e. The zero-order valence-corrected chi connectivity index (χ0v) is 14.4. The molecule has 122 valence electrons. The zero-order chi connectivity index (χ0) is 15.4. The molecule has 0 radical (unpaired) electrons. The number of rotatable bonds is 5. The van der Waals surface area contributed by atoms with Crippen LogP contribution in [0, 0.1) is 0 Å². The Morgan fingerprint density at radius 1 is 1.45 bits per heavy atom. The van der Waals surface area contributed by atoms with E-state index in [1.807, 2.05) is 0 Å². The second-order valence-electron chi connectivity index (χ2n) is 5.59. The standard InChI is InChI=1S/C14H22N4O2S2/c1-2-21-14-17-16-13(22-14)15-12(19)9-18-7-8-20-11-6-4-3-5-10(11)18/h10-11H,2-9H2,1H3,(H,15,16,19). The van der Waals surface area contributed by atoms with E-state index in [1.165, 1.54) is 24.2 Å². The van der Waals surface area contributed by atoms with Crippen LogP contribution in [0.15, 0.2) is 4.34 Å². The number of morpholine rings is 1. The van der Waals surface area contributed by atoms with Crippen LogP contribution in [0.3, 0.4) is 0 Å². The van der Waals surface area contributed by atoms with Gasteiger partial charge in [0.25, 0.3) is 0 Å². The maximum atomic E-state index is 12.3. The largest absolute Gasteiger partial charge is 0.375 e. The van der Waals surface area contributed by atoms with Gasteiger partial charge in [-0.2, -0.15) is 0 Å². The fourth-order valence-corrected chi connectivity index (χ4v) is 4.82. The number of hydrogen-bond donors (Lipinski definition) is 1. The summed E-state index contributed by atoms with van der Waals surface area (Å²) in [4.78, 5) is 14.5. The van der Waals surface area contributed by atoms with Gasteiger partial charge in [-0.05, 0) is 18.6 Å². The third-order valence-electron chi connectivity index (χ3n) is 4.11. The number of hydrogen-bond acceptors (Lipinski definition) is 7. The van der Waals surface area contributed by atoms with E-state index < -0.39 is 0 Å². The van der Waals surface area contributed by atoms with Crippen molar-refractivity contribution in [3.8, 4) is 0 Å². The molecule has 2 unspecified atom stereocenters. The molecule has 2 aliphatic rings. The summed E-state index contributed by atoms with van der Waals surface area (Å²) in [7, 11) is 0. The highest BCUT2D eigenvalue weighted by molar-refractivity contribution is 8.01. The van der Waals surface area contributed by atoms with E-state index in [0.29, 0.717) is 23.8 Å². The molecule has 1 saturated carbocycles. The minimum atomic E-state index is -0.00424. The number of fused-ring (bicyclic) bond motifs is 1. The number of anilines is 1. The highest BCUT2D eigenvalue weighted by Crippen LogP contribution is 2.28. The minimum Gasteiger partial charge on any atom is -0.375 e. The minimum absolute atomic E-state index is 0.00424. The number of nitrogens with one attached hydrogen (secondary N) is 1. The van der Waals surface area contributed by atoms with Gasteiger partial charge in [0, 0.05) is 12.6 Å². The summed E-state index contributed by atoms with van der Waals surface area (Å²) in [5, 5.41) is 11.5. The number of carbonyl (C=O) groups is 1. The summed E-state index contributed by atoms with van der Waals surface area (Å²) >= 11 is 3.08. The maximum Gasteiger partial charge on any atom is 0.240 e. The van der Waals surface area contributed by atoms with E-state index in [2.05, 4.69) is 27.3 Å². The molecule has 0 aromatic carbocycles. The normalized spacial score (nSPS) is 25.7. The molecule has 1 amide bonds. The molecule has 1 aromatic rings. The van der Waals surface area contributed by atoms with Gasteiger partial charge < -0.3 is 4.74 Å². The van der Waals surface area contributed by atoms with Crippen LogP contribution >= 0.6 is 23.1 Å². The van der Waals surface area contributed by atoms with Gasteiger partial charge in [0.2, 0.25) is 11.0 Å². The Balaban J connectivity index is 1.53. The number of amides is 1. The molecule has 2 fully saturated rings. The van der Waals surface area contributed by atoms with Crippen LogP contribution in [0.1, 0.15) is 32.6 Å². The second-order valence-corrected chi connectivity index (χ2v) is 8.07. The van der Waals surface area contributed by atoms with E-state index >= 15 is 0 Å². The van der Waals surface area contributed by atoms with Gasteiger partial charge >= 0.3 is 0 Å². The van der Waals surface area contributed by atoms with Crippen molar-refractivity contribution in [2.75, 3.05) is 30.8 Å². The predicted molar refractivity (Wildman–Crippen MR) is 88.5 cm³/mol. The molecule has 2 atom stereocenters. The quantitative estimate of drug-likeness (QED) is 0.654. The number of ether oxygens (including phenoxy) is 1. The molecule has 1 aliphatic carbocycles. The van der Waals surface area contributed by atoms with Gasteiger partial charge in [0.15, 0.2) is 4.34 Å². The van der Waals surface area contributed by atoms with Gasteiger partial charge in [0.05, 0.1) is 19.3 Å². The highest BCUT2D eigenvalue weighted by atomic mass is 32.2. The Kier molecular flexibility index (Phi) is 5.67. The van der Waals surface area contributed by atoms with E-state index in [-0.39, 0.29) is 5.91 Å². The lowest BCUT2D eigenvalue weighted by atomic mass is 9.90. The molecule has 3 rings (SSSR count). The first-order valence-electron chi connectivity index (χ1n) is 7.88. The van der Waals surface area contributed by atoms with Crippen molar-refractivity contribution in [1.82, 2.24) is 15.1 Å². The fraction of sp³-hybridized carbons (Fsp3) is 0.786. The summed E-state index contributed by atoms with van der Waals surface area (Å²) in [6.07, 6.45) is 5.04. The first-order chi connectivity index (χ1) is 10.8. The van der Waals surface area contributed by atoms with E-state index in [4.69, 9.17) is 4.74 Å². The van der Waals surface area contributed by atoms with Gasteiger partial charge in [-0.25, -0.2) is 0 Å². The van der Waals surface area contributed by atoms with Crippen molar-refractivity contribution in [3.63, 3.8) is 0 Å². The molecular weight excluding hydrogens is 320 g/mol. The number of aromatic nitrogens is 2. The molecule has 0 spiro atoms. The topological polar surface area (TPSA) is 67.4 Å². The Morgan fingerprint density at radius 3 is 3.18 bits per heavy atom. The average molecular weight is 342 g/mol. The Morgan fingerprint density at radius 2 is 2.32 bits per heavy atom. The lowest BCUT2D eigenvalue weighted by molar-refractivity contribution is -0.124. The molecule has 8 heteroatoms. The molecule has 1 saturated heterocycles. The SMILES string of the molecule is CCSc1nnc(NC(=O)CN2CCOC3CCCCC32)s1. The Bertz CT molecular complexity index is 509. The second kappa shape index (κ2) is 7.72. The van der Waals surface area contributed by atoms with Gasteiger partial charge in [-0.1, -0.05) is 42.9 Å². The third kappa shape index (κ3) is 3.98. The lowest BCUT2D eigenvalue weighted by Gasteiger charge is -2.43. The summed E-state index contributed by atoms with van der Waals surface area (Å²) in [5.74, 6) is 0.954. The van der Waals surface area contributed by atoms with Crippen molar-refractivity contribution < 1.29 is 9.53 Å². The summed E-state index contributed by atoms with van der Waals surface area (Å²) < 4.78 is 6.75. The number of carbonyl (C=O) groups excluding carboxylic acids is 1. The van der Waals surface area contributed by atoms with E-state index in [0.717, 1.165) is 36.1 Å². The Hall–Kier alpha value is -0.700. The molecule has 1 aromatic heterocycles. The van der Waals surface area contributed by atoms with Crippen LogP contribution in [-0.2, 0) is 9.53 Å². The summed E-state index contributed by atoms with van der Waals surface area (Å²) in [5.41, 5.74) is 0. The first kappa shape index (κ1) is 16.2. The van der Waals surface area contributed by atoms with Crippen molar-refractivity contribution in [1.29, 1.82) is 0 Å². The zero-order valence-electron chi connectivity index (χ0n) is 12.8. The average Bonchev–Trinajstić information content (AvgIpc) is 2.95. The van der Waals surface area contributed by atoms with E-state index in [1.54, 1.807) is 11.8 Å². The highest BCUT2D eigenvalue weighted by Gasteiger charge is 2.34. The van der Waals surface area contributed by atoms with Crippen molar-refractivity contribution in [2.45, 2.75) is 49.1 Å². The molecule has 22 heavy (non-hydrogen) atoms. The van der Waals surface area contributed by atoms with Gasteiger partial charge in [-0.3, -0.25) is 15.0 Å². The lowest BCUT2D eigenvalue weighted by Crippen LogP contribution is -2.54. The predicted octanol–water partition coefficient (Wildman–Crippen LogP) is 2.23. The van der Waals surface area contributed by atoms with Crippen molar-refractivity contribution in [3.05, 3.63) is 0 Å². The molecule has 0 bridgehead atoms. The van der Waals surface area contributed by atoms with Gasteiger partial charge in [-0.15, -0.1) is 10.2 Å². The number of thioether (sulfide) groups is 1. The maximum absolute atomic E-state index is 12.3.